The lowest BCUT2D eigenvalue weighted by Gasteiger charge is -2.37. The minimum atomic E-state index is -0.786. The molecular formula is C11H16N2O2S. The van der Waals surface area contributed by atoms with Crippen LogP contribution in [0, 0.1) is 12.3 Å². The molecule has 0 bridgehead atoms. The van der Waals surface area contributed by atoms with E-state index < -0.39 is 5.54 Å². The maximum Gasteiger partial charge on any atom is 0.248 e. The Morgan fingerprint density at radius 3 is 2.88 bits per heavy atom. The van der Waals surface area contributed by atoms with Crippen molar-refractivity contribution in [2.45, 2.75) is 19.4 Å². The third-order valence-corrected chi connectivity index (χ3v) is 3.14. The van der Waals surface area contributed by atoms with Crippen LogP contribution in [0.4, 0.5) is 0 Å². The molecule has 2 amide bonds. The largest absolute Gasteiger partial charge is 0.341 e. The van der Waals surface area contributed by atoms with E-state index >= 15 is 0 Å². The summed E-state index contributed by atoms with van der Waals surface area (Å²) in [6.45, 7) is 4.16. The molecule has 0 aliphatic carbocycles. The fourth-order valence-electron chi connectivity index (χ4n) is 1.57. The summed E-state index contributed by atoms with van der Waals surface area (Å²) in [5.74, 6) is 3.78. The Morgan fingerprint density at radius 1 is 1.56 bits per heavy atom. The zero-order chi connectivity index (χ0) is 12.2. The Morgan fingerprint density at radius 2 is 2.25 bits per heavy atom. The molecule has 1 aliphatic rings. The van der Waals surface area contributed by atoms with Crippen LogP contribution in [0.25, 0.3) is 0 Å². The number of carbonyl (C=O) groups is 2. The Balaban J connectivity index is 2.49. The van der Waals surface area contributed by atoms with E-state index in [0.717, 1.165) is 5.75 Å². The monoisotopic (exact) mass is 240 g/mol. The van der Waals surface area contributed by atoms with Crippen LogP contribution in [0.3, 0.4) is 0 Å². The van der Waals surface area contributed by atoms with E-state index in [2.05, 4.69) is 11.2 Å². The highest BCUT2D eigenvalue weighted by molar-refractivity contribution is 7.99. The molecule has 0 aromatic heterocycles. The van der Waals surface area contributed by atoms with E-state index in [1.54, 1.807) is 30.5 Å². The maximum absolute atomic E-state index is 11.9. The molecule has 0 radical (unpaired) electrons. The number of thioether (sulfide) groups is 1. The van der Waals surface area contributed by atoms with Crippen molar-refractivity contribution < 1.29 is 9.59 Å². The first-order chi connectivity index (χ1) is 7.47. The molecule has 0 saturated carbocycles. The standard InChI is InChI=1S/C11H16N2O2S/c1-4-6-16-7-5-13-8-9(14)12-11(2,3)10(13)15/h1H,5-8H2,2-3H3,(H,12,14). The van der Waals surface area contributed by atoms with Crippen LogP contribution in [0.5, 0.6) is 0 Å². The van der Waals surface area contributed by atoms with Crippen LogP contribution >= 0.6 is 11.8 Å². The average Bonchev–Trinajstić information content (AvgIpc) is 2.19. The fourth-order valence-corrected chi connectivity index (χ4v) is 2.18. The van der Waals surface area contributed by atoms with Gasteiger partial charge >= 0.3 is 0 Å². The van der Waals surface area contributed by atoms with Crippen molar-refractivity contribution in [2.75, 3.05) is 24.6 Å². The number of carbonyl (C=O) groups excluding carboxylic acids is 2. The molecule has 1 rings (SSSR count). The summed E-state index contributed by atoms with van der Waals surface area (Å²) < 4.78 is 0. The highest BCUT2D eigenvalue weighted by Crippen LogP contribution is 2.13. The van der Waals surface area contributed by atoms with Crippen LogP contribution in [-0.2, 0) is 9.59 Å². The first-order valence-corrected chi connectivity index (χ1v) is 6.24. The summed E-state index contributed by atoms with van der Waals surface area (Å²) >= 11 is 1.59. The van der Waals surface area contributed by atoms with Crippen LogP contribution < -0.4 is 5.32 Å². The minimum absolute atomic E-state index is 0.0339. The summed E-state index contributed by atoms with van der Waals surface area (Å²) in [5, 5.41) is 2.67. The second-order valence-electron chi connectivity index (χ2n) is 4.16. The highest BCUT2D eigenvalue weighted by Gasteiger charge is 2.38. The van der Waals surface area contributed by atoms with E-state index in [9.17, 15) is 9.59 Å². The molecule has 0 atom stereocenters. The van der Waals surface area contributed by atoms with Crippen molar-refractivity contribution in [3.63, 3.8) is 0 Å². The van der Waals surface area contributed by atoms with Gasteiger partial charge in [0.05, 0.1) is 12.3 Å². The smallest absolute Gasteiger partial charge is 0.248 e. The predicted octanol–water partition coefficient (Wildman–Crippen LogP) is 0.0898. The molecule has 1 fully saturated rings. The van der Waals surface area contributed by atoms with E-state index in [4.69, 9.17) is 6.42 Å². The second-order valence-corrected chi connectivity index (χ2v) is 5.26. The molecule has 1 aliphatic heterocycles. The first-order valence-electron chi connectivity index (χ1n) is 5.09. The zero-order valence-electron chi connectivity index (χ0n) is 9.58. The number of nitrogens with one attached hydrogen (secondary N) is 1. The zero-order valence-corrected chi connectivity index (χ0v) is 10.4. The number of piperazine rings is 1. The van der Waals surface area contributed by atoms with E-state index in [-0.39, 0.29) is 18.4 Å². The number of hydrogen-bond donors (Lipinski definition) is 1. The van der Waals surface area contributed by atoms with Gasteiger partial charge < -0.3 is 10.2 Å². The lowest BCUT2D eigenvalue weighted by atomic mass is 10.0. The molecule has 0 aromatic rings. The highest BCUT2D eigenvalue weighted by atomic mass is 32.2. The molecular weight excluding hydrogens is 224 g/mol. The quantitative estimate of drug-likeness (QED) is 0.559. The molecule has 0 unspecified atom stereocenters. The summed E-state index contributed by atoms with van der Waals surface area (Å²) in [6.07, 6.45) is 5.12. The number of terminal acetylenes is 1. The Kier molecular flexibility index (Phi) is 4.25. The van der Waals surface area contributed by atoms with Crippen LogP contribution in [0.15, 0.2) is 0 Å². The summed E-state index contributed by atoms with van der Waals surface area (Å²) in [5.41, 5.74) is -0.786. The van der Waals surface area contributed by atoms with Crippen molar-refractivity contribution in [3.8, 4) is 12.3 Å². The van der Waals surface area contributed by atoms with Gasteiger partial charge in [-0.05, 0) is 13.8 Å². The lowest BCUT2D eigenvalue weighted by molar-refractivity contribution is -0.148. The molecule has 1 saturated heterocycles. The van der Waals surface area contributed by atoms with Crippen molar-refractivity contribution in [1.82, 2.24) is 10.2 Å². The number of nitrogens with zero attached hydrogens (tertiary/aromatic N) is 1. The molecule has 4 nitrogen and oxygen atoms in total. The van der Waals surface area contributed by atoms with E-state index in [1.807, 2.05) is 0 Å². The van der Waals surface area contributed by atoms with E-state index in [0.29, 0.717) is 12.3 Å². The SMILES string of the molecule is C#CCSCCN1CC(=O)NC(C)(C)C1=O. The fraction of sp³-hybridized carbons (Fsp3) is 0.636. The van der Waals surface area contributed by atoms with Crippen molar-refractivity contribution >= 4 is 23.6 Å². The number of rotatable bonds is 4. The minimum Gasteiger partial charge on any atom is -0.341 e. The third kappa shape index (κ3) is 3.17. The Labute approximate surface area is 100 Å². The molecule has 1 N–H and O–H groups in total. The Hall–Kier alpha value is -1.15. The number of hydrogen-bond acceptors (Lipinski definition) is 3. The summed E-state index contributed by atoms with van der Waals surface area (Å²) in [7, 11) is 0. The third-order valence-electron chi connectivity index (χ3n) is 2.30. The Bertz CT molecular complexity index is 333. The van der Waals surface area contributed by atoms with Crippen LogP contribution in [0.2, 0.25) is 0 Å². The van der Waals surface area contributed by atoms with Crippen LogP contribution in [0.1, 0.15) is 13.8 Å². The molecule has 0 spiro atoms. The van der Waals surface area contributed by atoms with Gasteiger partial charge in [0.2, 0.25) is 11.8 Å². The molecule has 5 heteroatoms. The van der Waals surface area contributed by atoms with Crippen molar-refractivity contribution in [1.29, 1.82) is 0 Å². The molecule has 16 heavy (non-hydrogen) atoms. The van der Waals surface area contributed by atoms with Gasteiger partial charge in [0.15, 0.2) is 0 Å². The van der Waals surface area contributed by atoms with Crippen molar-refractivity contribution in [3.05, 3.63) is 0 Å². The van der Waals surface area contributed by atoms with Gasteiger partial charge in [0, 0.05) is 12.3 Å². The number of amides is 2. The first kappa shape index (κ1) is 12.9. The normalized spacial score (nSPS) is 19.2. The summed E-state index contributed by atoms with van der Waals surface area (Å²) in [6, 6.07) is 0. The average molecular weight is 240 g/mol. The molecule has 88 valence electrons. The lowest BCUT2D eigenvalue weighted by Crippen LogP contribution is -2.64. The molecule has 0 aromatic carbocycles. The summed E-state index contributed by atoms with van der Waals surface area (Å²) in [4.78, 5) is 24.9. The van der Waals surface area contributed by atoms with Gasteiger partial charge in [-0.3, -0.25) is 9.59 Å². The van der Waals surface area contributed by atoms with E-state index in [1.165, 1.54) is 0 Å². The van der Waals surface area contributed by atoms with Gasteiger partial charge in [0.25, 0.3) is 0 Å². The predicted molar refractivity (Wildman–Crippen MR) is 65.0 cm³/mol. The topological polar surface area (TPSA) is 49.4 Å². The molecule has 1 heterocycles. The van der Waals surface area contributed by atoms with Gasteiger partial charge in [-0.25, -0.2) is 0 Å². The van der Waals surface area contributed by atoms with Crippen molar-refractivity contribution in [2.24, 2.45) is 0 Å². The second kappa shape index (κ2) is 5.26. The van der Waals surface area contributed by atoms with Gasteiger partial charge in [0.1, 0.15) is 5.54 Å². The van der Waals surface area contributed by atoms with Gasteiger partial charge in [-0.15, -0.1) is 18.2 Å². The van der Waals surface area contributed by atoms with Crippen LogP contribution in [-0.4, -0.2) is 46.8 Å². The van der Waals surface area contributed by atoms with Gasteiger partial charge in [-0.2, -0.15) is 0 Å². The van der Waals surface area contributed by atoms with Gasteiger partial charge in [-0.1, -0.05) is 5.92 Å². The maximum atomic E-state index is 11.9.